The Morgan fingerprint density at radius 1 is 1.07 bits per heavy atom. The molecule has 3 nitrogen and oxygen atoms in total. The molecule has 0 bridgehead atoms. The quantitative estimate of drug-likeness (QED) is 0.354. The average molecular weight is 423 g/mol. The molecule has 0 aliphatic heterocycles. The van der Waals surface area contributed by atoms with Crippen LogP contribution >= 0.6 is 23.1 Å². The van der Waals surface area contributed by atoms with Crippen LogP contribution in [0, 0.1) is 0 Å². The monoisotopic (exact) mass is 422 g/mol. The third kappa shape index (κ3) is 4.31. The Hall–Kier alpha value is -2.37. The van der Waals surface area contributed by atoms with Gasteiger partial charge in [-0.15, -0.1) is 23.1 Å². The lowest BCUT2D eigenvalue weighted by Gasteiger charge is -2.23. The Kier molecular flexibility index (Phi) is 6.16. The van der Waals surface area contributed by atoms with Gasteiger partial charge >= 0.3 is 5.97 Å². The fourth-order valence-electron chi connectivity index (χ4n) is 3.71. The van der Waals surface area contributed by atoms with Gasteiger partial charge in [0.2, 0.25) is 0 Å². The molecule has 2 aromatic carbocycles. The van der Waals surface area contributed by atoms with Crippen LogP contribution in [-0.4, -0.2) is 18.4 Å². The molecule has 1 aliphatic carbocycles. The predicted octanol–water partition coefficient (Wildman–Crippen LogP) is 6.13. The molecule has 0 N–H and O–H groups in total. The Morgan fingerprint density at radius 3 is 2.45 bits per heavy atom. The normalized spacial score (nSPS) is 15.8. The summed E-state index contributed by atoms with van der Waals surface area (Å²) in [5, 5.41) is 0. The van der Waals surface area contributed by atoms with E-state index in [0.29, 0.717) is 24.3 Å². The molecule has 1 atom stereocenters. The lowest BCUT2D eigenvalue weighted by Crippen LogP contribution is -2.20. The minimum atomic E-state index is -0.318. The lowest BCUT2D eigenvalue weighted by atomic mass is 9.80. The second kappa shape index (κ2) is 8.97. The Labute approximate surface area is 179 Å². The number of fused-ring (bicyclic) bond motifs is 1. The van der Waals surface area contributed by atoms with Crippen LogP contribution in [0.2, 0.25) is 0 Å². The van der Waals surface area contributed by atoms with Gasteiger partial charge < -0.3 is 4.74 Å². The maximum absolute atomic E-state index is 13.1. The SMILES string of the molecule is CCOC(=O)c1sc(SCc2ccccc2)c2c1C[C@H](c1ccccc1)CC2=O. The number of carbonyl (C=O) groups is 2. The molecule has 0 saturated carbocycles. The molecule has 3 aromatic rings. The molecule has 148 valence electrons. The lowest BCUT2D eigenvalue weighted by molar-refractivity contribution is 0.0531. The number of esters is 1. The van der Waals surface area contributed by atoms with Crippen molar-refractivity contribution >= 4 is 34.9 Å². The minimum absolute atomic E-state index is 0.103. The number of ketones is 1. The van der Waals surface area contributed by atoms with E-state index in [1.165, 1.54) is 16.9 Å². The summed E-state index contributed by atoms with van der Waals surface area (Å²) in [6.07, 6.45) is 1.18. The van der Waals surface area contributed by atoms with Crippen LogP contribution in [0.25, 0.3) is 0 Å². The zero-order valence-corrected chi connectivity index (χ0v) is 17.9. The van der Waals surface area contributed by atoms with Crippen molar-refractivity contribution in [2.24, 2.45) is 0 Å². The first-order valence-electron chi connectivity index (χ1n) is 9.75. The van der Waals surface area contributed by atoms with E-state index in [0.717, 1.165) is 26.7 Å². The van der Waals surface area contributed by atoms with Crippen LogP contribution in [0.4, 0.5) is 0 Å². The van der Waals surface area contributed by atoms with Gasteiger partial charge in [0.25, 0.3) is 0 Å². The van der Waals surface area contributed by atoms with Crippen LogP contribution in [0.5, 0.6) is 0 Å². The molecule has 0 fully saturated rings. The topological polar surface area (TPSA) is 43.4 Å². The van der Waals surface area contributed by atoms with Crippen LogP contribution in [-0.2, 0) is 16.9 Å². The summed E-state index contributed by atoms with van der Waals surface area (Å²) in [5.74, 6) is 0.682. The summed E-state index contributed by atoms with van der Waals surface area (Å²) in [6.45, 7) is 2.13. The highest BCUT2D eigenvalue weighted by Gasteiger charge is 2.34. The van der Waals surface area contributed by atoms with Gasteiger partial charge in [0.1, 0.15) is 4.88 Å². The number of thiophene rings is 1. The van der Waals surface area contributed by atoms with Gasteiger partial charge in [0.15, 0.2) is 5.78 Å². The van der Waals surface area contributed by atoms with Gasteiger partial charge in [-0.05, 0) is 36.0 Å². The predicted molar refractivity (Wildman–Crippen MR) is 118 cm³/mol. The number of benzene rings is 2. The molecule has 0 amide bonds. The van der Waals surface area contributed by atoms with E-state index in [2.05, 4.69) is 24.3 Å². The van der Waals surface area contributed by atoms with Crippen molar-refractivity contribution in [1.82, 2.24) is 0 Å². The minimum Gasteiger partial charge on any atom is -0.462 e. The molecule has 0 unspecified atom stereocenters. The highest BCUT2D eigenvalue weighted by Crippen LogP contribution is 2.44. The molecular formula is C24H22O3S2. The highest BCUT2D eigenvalue weighted by atomic mass is 32.2. The smallest absolute Gasteiger partial charge is 0.348 e. The number of thioether (sulfide) groups is 1. The van der Waals surface area contributed by atoms with Gasteiger partial charge in [-0.1, -0.05) is 60.7 Å². The molecule has 0 spiro atoms. The largest absolute Gasteiger partial charge is 0.462 e. The van der Waals surface area contributed by atoms with Gasteiger partial charge in [-0.25, -0.2) is 4.79 Å². The molecule has 0 saturated heterocycles. The Bertz CT molecular complexity index is 1010. The van der Waals surface area contributed by atoms with E-state index < -0.39 is 0 Å². The molecule has 0 radical (unpaired) electrons. The van der Waals surface area contributed by atoms with Gasteiger partial charge in [-0.2, -0.15) is 0 Å². The average Bonchev–Trinajstić information content (AvgIpc) is 3.13. The van der Waals surface area contributed by atoms with Crippen LogP contribution in [0.15, 0.2) is 64.9 Å². The molecule has 1 heterocycles. The van der Waals surface area contributed by atoms with Crippen LogP contribution in [0.1, 0.15) is 56.0 Å². The zero-order chi connectivity index (χ0) is 20.2. The first kappa shape index (κ1) is 19.9. The summed E-state index contributed by atoms with van der Waals surface area (Å²) in [7, 11) is 0. The number of hydrogen-bond acceptors (Lipinski definition) is 5. The first-order valence-corrected chi connectivity index (χ1v) is 11.5. The first-order chi connectivity index (χ1) is 14.2. The second-order valence-corrected chi connectivity index (χ2v) is 9.27. The summed E-state index contributed by atoms with van der Waals surface area (Å²) >= 11 is 3.05. The molecule has 29 heavy (non-hydrogen) atoms. The molecule has 1 aliphatic rings. The summed E-state index contributed by atoms with van der Waals surface area (Å²) in [4.78, 5) is 26.3. The van der Waals surface area contributed by atoms with Crippen molar-refractivity contribution in [3.8, 4) is 0 Å². The van der Waals surface area contributed by atoms with E-state index in [9.17, 15) is 9.59 Å². The standard InChI is InChI=1S/C24H22O3S2/c1-2-27-23(26)22-19-13-18(17-11-7-4-8-12-17)14-20(25)21(19)24(29-22)28-15-16-9-5-3-6-10-16/h3-12,18H,2,13-15H2,1H3/t18-/m0/s1. The molecule has 1 aromatic heterocycles. The van der Waals surface area contributed by atoms with Gasteiger partial charge in [0, 0.05) is 17.7 Å². The summed E-state index contributed by atoms with van der Waals surface area (Å²) in [6, 6.07) is 20.3. The number of carbonyl (C=O) groups excluding carboxylic acids is 2. The molecule has 5 heteroatoms. The van der Waals surface area contributed by atoms with E-state index in [1.54, 1.807) is 18.7 Å². The zero-order valence-electron chi connectivity index (χ0n) is 16.2. The van der Waals surface area contributed by atoms with Crippen molar-refractivity contribution in [2.45, 2.75) is 35.6 Å². The number of hydrogen-bond donors (Lipinski definition) is 0. The van der Waals surface area contributed by atoms with Crippen molar-refractivity contribution in [3.63, 3.8) is 0 Å². The van der Waals surface area contributed by atoms with Crippen molar-refractivity contribution in [2.75, 3.05) is 6.61 Å². The van der Waals surface area contributed by atoms with E-state index >= 15 is 0 Å². The van der Waals surface area contributed by atoms with Crippen molar-refractivity contribution in [3.05, 3.63) is 87.8 Å². The fourth-order valence-corrected chi connectivity index (χ4v) is 6.22. The Balaban J connectivity index is 1.68. The van der Waals surface area contributed by atoms with Crippen molar-refractivity contribution < 1.29 is 14.3 Å². The summed E-state index contributed by atoms with van der Waals surface area (Å²) < 4.78 is 6.23. The highest BCUT2D eigenvalue weighted by molar-refractivity contribution is 8.00. The van der Waals surface area contributed by atoms with Gasteiger partial charge in [0.05, 0.1) is 10.8 Å². The second-order valence-electron chi connectivity index (χ2n) is 7.01. The number of rotatable bonds is 6. The van der Waals surface area contributed by atoms with E-state index in [4.69, 9.17) is 4.74 Å². The third-order valence-corrected chi connectivity index (χ3v) is 7.63. The number of Topliss-reactive ketones (excluding diaryl/α,β-unsaturated/α-hetero) is 1. The van der Waals surface area contributed by atoms with Crippen LogP contribution in [0.3, 0.4) is 0 Å². The van der Waals surface area contributed by atoms with E-state index in [-0.39, 0.29) is 17.7 Å². The maximum Gasteiger partial charge on any atom is 0.348 e. The molecular weight excluding hydrogens is 400 g/mol. The summed E-state index contributed by atoms with van der Waals surface area (Å²) in [5.41, 5.74) is 3.95. The number of ether oxygens (including phenoxy) is 1. The van der Waals surface area contributed by atoms with Gasteiger partial charge in [-0.3, -0.25) is 4.79 Å². The van der Waals surface area contributed by atoms with E-state index in [1.807, 2.05) is 36.4 Å². The molecule has 4 rings (SSSR count). The van der Waals surface area contributed by atoms with Crippen LogP contribution < -0.4 is 0 Å². The fraction of sp³-hybridized carbons (Fsp3) is 0.250. The maximum atomic E-state index is 13.1. The van der Waals surface area contributed by atoms with Crippen molar-refractivity contribution in [1.29, 1.82) is 0 Å². The Morgan fingerprint density at radius 2 is 1.76 bits per heavy atom. The third-order valence-electron chi connectivity index (χ3n) is 5.08.